The van der Waals surface area contributed by atoms with Crippen molar-refractivity contribution in [2.75, 3.05) is 7.11 Å². The fourth-order valence-electron chi connectivity index (χ4n) is 5.23. The maximum atomic E-state index is 13.9. The second kappa shape index (κ2) is 13.8. The SMILES string of the molecule is CCc1ccc(CCC(=O)N(Cc2cccc(OC)c2)[C@H](Cc2ccccc2)C(=O)NC2CCCC2)cc1. The molecule has 0 unspecified atom stereocenters. The molecule has 5 heteroatoms. The fraction of sp³-hybridized carbons (Fsp3) is 0.394. The minimum Gasteiger partial charge on any atom is -0.497 e. The van der Waals surface area contributed by atoms with Gasteiger partial charge in [-0.1, -0.05) is 86.5 Å². The zero-order chi connectivity index (χ0) is 26.7. The number of carbonyl (C=O) groups is 2. The highest BCUT2D eigenvalue weighted by molar-refractivity contribution is 5.88. The van der Waals surface area contributed by atoms with Gasteiger partial charge in [0.1, 0.15) is 11.8 Å². The number of rotatable bonds is 12. The third kappa shape index (κ3) is 7.70. The molecule has 0 aliphatic heterocycles. The molecular weight excluding hydrogens is 472 g/mol. The lowest BCUT2D eigenvalue weighted by Crippen LogP contribution is -2.52. The van der Waals surface area contributed by atoms with E-state index in [0.29, 0.717) is 25.8 Å². The van der Waals surface area contributed by atoms with Gasteiger partial charge in [0.25, 0.3) is 0 Å². The first-order valence-corrected chi connectivity index (χ1v) is 13.9. The van der Waals surface area contributed by atoms with Crippen molar-refractivity contribution in [3.63, 3.8) is 0 Å². The Labute approximate surface area is 227 Å². The number of methoxy groups -OCH3 is 1. The lowest BCUT2D eigenvalue weighted by molar-refractivity contribution is -0.141. The zero-order valence-corrected chi connectivity index (χ0v) is 22.7. The molecule has 1 saturated carbocycles. The van der Waals surface area contributed by atoms with Crippen molar-refractivity contribution in [2.24, 2.45) is 0 Å². The van der Waals surface area contributed by atoms with Gasteiger partial charge in [-0.2, -0.15) is 0 Å². The van der Waals surface area contributed by atoms with E-state index in [1.807, 2.05) is 54.6 Å². The summed E-state index contributed by atoms with van der Waals surface area (Å²) in [6.07, 6.45) is 6.72. The Balaban J connectivity index is 1.60. The summed E-state index contributed by atoms with van der Waals surface area (Å²) < 4.78 is 5.43. The average Bonchev–Trinajstić information content (AvgIpc) is 3.47. The molecule has 1 N–H and O–H groups in total. The van der Waals surface area contributed by atoms with Gasteiger partial charge in [0.2, 0.25) is 11.8 Å². The van der Waals surface area contributed by atoms with Crippen molar-refractivity contribution in [2.45, 2.75) is 76.9 Å². The molecule has 38 heavy (non-hydrogen) atoms. The standard InChI is InChI=1S/C33H40N2O3/c1-3-25-16-18-26(19-17-25)20-21-32(36)35(24-28-12-9-15-30(22-28)38-2)31(23-27-10-5-4-6-11-27)33(37)34-29-13-7-8-14-29/h4-6,9-12,15-19,22,29,31H,3,7-8,13-14,20-21,23-24H2,1-2H3,(H,34,37)/t31-/m1/s1. The number of nitrogens with one attached hydrogen (secondary N) is 1. The third-order valence-electron chi connectivity index (χ3n) is 7.52. The summed E-state index contributed by atoms with van der Waals surface area (Å²) in [7, 11) is 1.64. The topological polar surface area (TPSA) is 58.6 Å². The number of hydrogen-bond donors (Lipinski definition) is 1. The van der Waals surface area contributed by atoms with Crippen LogP contribution in [0.3, 0.4) is 0 Å². The molecule has 4 rings (SSSR count). The summed E-state index contributed by atoms with van der Waals surface area (Å²) in [5.41, 5.74) is 4.40. The van der Waals surface area contributed by atoms with Crippen molar-refractivity contribution in [3.05, 3.63) is 101 Å². The second-order valence-corrected chi connectivity index (χ2v) is 10.2. The number of ether oxygens (including phenoxy) is 1. The van der Waals surface area contributed by atoms with Gasteiger partial charge in [-0.25, -0.2) is 0 Å². The molecule has 1 aliphatic rings. The largest absolute Gasteiger partial charge is 0.497 e. The summed E-state index contributed by atoms with van der Waals surface area (Å²) in [5.74, 6) is 0.653. The molecule has 5 nitrogen and oxygen atoms in total. The van der Waals surface area contributed by atoms with Crippen molar-refractivity contribution in [1.82, 2.24) is 10.2 Å². The predicted octanol–water partition coefficient (Wildman–Crippen LogP) is 5.89. The Hall–Kier alpha value is -3.60. The van der Waals surface area contributed by atoms with Crippen LogP contribution in [0.4, 0.5) is 0 Å². The molecule has 2 amide bonds. The predicted molar refractivity (Wildman–Crippen MR) is 152 cm³/mol. The van der Waals surface area contributed by atoms with Crippen molar-refractivity contribution < 1.29 is 14.3 Å². The van der Waals surface area contributed by atoms with Crippen LogP contribution in [-0.4, -0.2) is 35.9 Å². The molecule has 0 bridgehead atoms. The summed E-state index contributed by atoms with van der Waals surface area (Å²) in [6.45, 7) is 2.48. The Morgan fingerprint density at radius 2 is 1.58 bits per heavy atom. The monoisotopic (exact) mass is 512 g/mol. The van der Waals surface area contributed by atoms with Crippen molar-refractivity contribution in [1.29, 1.82) is 0 Å². The molecule has 1 atom stereocenters. The number of amides is 2. The highest BCUT2D eigenvalue weighted by Gasteiger charge is 2.32. The Bertz CT molecular complexity index is 1170. The lowest BCUT2D eigenvalue weighted by Gasteiger charge is -2.32. The lowest BCUT2D eigenvalue weighted by atomic mass is 10.0. The van der Waals surface area contributed by atoms with Crippen LogP contribution in [0.25, 0.3) is 0 Å². The van der Waals surface area contributed by atoms with Gasteiger partial charge in [-0.05, 0) is 60.1 Å². The van der Waals surface area contributed by atoms with E-state index in [1.54, 1.807) is 12.0 Å². The normalized spacial score (nSPS) is 14.2. The maximum Gasteiger partial charge on any atom is 0.243 e. The zero-order valence-electron chi connectivity index (χ0n) is 22.7. The van der Waals surface area contributed by atoms with Gasteiger partial charge in [0.05, 0.1) is 7.11 Å². The molecule has 0 radical (unpaired) electrons. The van der Waals surface area contributed by atoms with Crippen molar-refractivity contribution in [3.8, 4) is 5.75 Å². The summed E-state index contributed by atoms with van der Waals surface area (Å²) >= 11 is 0. The van der Waals surface area contributed by atoms with E-state index in [4.69, 9.17) is 4.74 Å². The highest BCUT2D eigenvalue weighted by Crippen LogP contribution is 2.22. The van der Waals surface area contributed by atoms with E-state index in [0.717, 1.165) is 54.5 Å². The third-order valence-corrected chi connectivity index (χ3v) is 7.52. The maximum absolute atomic E-state index is 13.9. The molecule has 0 aromatic heterocycles. The van der Waals surface area contributed by atoms with Crippen LogP contribution < -0.4 is 10.1 Å². The van der Waals surface area contributed by atoms with Crippen LogP contribution in [0.1, 0.15) is 61.3 Å². The number of aryl methyl sites for hydroxylation is 2. The molecule has 1 fully saturated rings. The van der Waals surface area contributed by atoms with Crippen LogP contribution in [0, 0.1) is 0 Å². The molecule has 3 aromatic carbocycles. The Morgan fingerprint density at radius 3 is 2.26 bits per heavy atom. The van der Waals surface area contributed by atoms with Gasteiger partial charge in [-0.15, -0.1) is 0 Å². The van der Waals surface area contributed by atoms with Crippen LogP contribution >= 0.6 is 0 Å². The number of nitrogens with zero attached hydrogens (tertiary/aromatic N) is 1. The first-order chi connectivity index (χ1) is 18.6. The van der Waals surface area contributed by atoms with Gasteiger partial charge < -0.3 is 15.0 Å². The smallest absolute Gasteiger partial charge is 0.243 e. The molecule has 200 valence electrons. The molecule has 0 heterocycles. The highest BCUT2D eigenvalue weighted by atomic mass is 16.5. The van der Waals surface area contributed by atoms with E-state index in [-0.39, 0.29) is 17.9 Å². The van der Waals surface area contributed by atoms with E-state index in [2.05, 4.69) is 36.5 Å². The minimum atomic E-state index is -0.598. The molecule has 1 aliphatic carbocycles. The quantitative estimate of drug-likeness (QED) is 0.329. The Morgan fingerprint density at radius 1 is 0.895 bits per heavy atom. The number of carbonyl (C=O) groups excluding carboxylic acids is 2. The van der Waals surface area contributed by atoms with E-state index in [1.165, 1.54) is 5.56 Å². The minimum absolute atomic E-state index is 0.0186. The molecule has 3 aromatic rings. The number of benzene rings is 3. The van der Waals surface area contributed by atoms with Crippen molar-refractivity contribution >= 4 is 11.8 Å². The fourth-order valence-corrected chi connectivity index (χ4v) is 5.23. The van der Waals surface area contributed by atoms with Gasteiger partial charge in [0.15, 0.2) is 0 Å². The first-order valence-electron chi connectivity index (χ1n) is 13.9. The van der Waals surface area contributed by atoms with E-state index >= 15 is 0 Å². The van der Waals surface area contributed by atoms with E-state index in [9.17, 15) is 9.59 Å². The van der Waals surface area contributed by atoms with Crippen LogP contribution in [0.2, 0.25) is 0 Å². The molecular formula is C33H40N2O3. The van der Waals surface area contributed by atoms with Gasteiger partial charge in [0, 0.05) is 25.4 Å². The van der Waals surface area contributed by atoms with Crippen LogP contribution in [-0.2, 0) is 35.4 Å². The first kappa shape index (κ1) is 27.4. The summed E-state index contributed by atoms with van der Waals surface area (Å²) in [4.78, 5) is 29.4. The van der Waals surface area contributed by atoms with Crippen LogP contribution in [0.5, 0.6) is 5.75 Å². The summed E-state index contributed by atoms with van der Waals surface area (Å²) in [5, 5.41) is 3.27. The molecule has 0 saturated heterocycles. The number of hydrogen-bond acceptors (Lipinski definition) is 3. The Kier molecular flexibility index (Phi) is 9.97. The van der Waals surface area contributed by atoms with Crippen LogP contribution in [0.15, 0.2) is 78.9 Å². The average molecular weight is 513 g/mol. The molecule has 0 spiro atoms. The van der Waals surface area contributed by atoms with E-state index < -0.39 is 6.04 Å². The van der Waals surface area contributed by atoms with Gasteiger partial charge >= 0.3 is 0 Å². The second-order valence-electron chi connectivity index (χ2n) is 10.2. The van der Waals surface area contributed by atoms with Gasteiger partial charge in [-0.3, -0.25) is 9.59 Å². The summed E-state index contributed by atoms with van der Waals surface area (Å²) in [6, 6.07) is 25.8.